The second kappa shape index (κ2) is 7.89. The van der Waals surface area contributed by atoms with Gasteiger partial charge in [0.1, 0.15) is 11.4 Å². The molecule has 0 radical (unpaired) electrons. The molecule has 0 spiro atoms. The summed E-state index contributed by atoms with van der Waals surface area (Å²) < 4.78 is 18.7. The van der Waals surface area contributed by atoms with Gasteiger partial charge in [-0.2, -0.15) is 0 Å². The maximum absolute atomic E-state index is 13.1. The first-order valence-electron chi connectivity index (χ1n) is 7.91. The van der Waals surface area contributed by atoms with Crippen molar-refractivity contribution in [1.82, 2.24) is 10.2 Å². The third-order valence-electron chi connectivity index (χ3n) is 4.04. The zero-order chi connectivity index (χ0) is 16.9. The van der Waals surface area contributed by atoms with Crippen molar-refractivity contribution in [2.45, 2.75) is 31.6 Å². The summed E-state index contributed by atoms with van der Waals surface area (Å²) in [5.41, 5.74) is 0.358. The van der Waals surface area contributed by atoms with Crippen LogP contribution in [0.2, 0.25) is 0 Å². The Labute approximate surface area is 137 Å². The molecule has 2 atom stereocenters. The van der Waals surface area contributed by atoms with E-state index in [4.69, 9.17) is 11.2 Å². The highest BCUT2D eigenvalue weighted by atomic mass is 19.1. The first-order valence-corrected chi connectivity index (χ1v) is 7.91. The molecule has 1 aromatic rings. The number of benzene rings is 1. The van der Waals surface area contributed by atoms with Crippen LogP contribution in [-0.2, 0) is 4.74 Å². The monoisotopic (exact) mass is 320 g/mol. The number of aliphatic hydroxyl groups excluding tert-OH is 1. The highest BCUT2D eigenvalue weighted by Gasteiger charge is 2.26. The molecule has 1 heterocycles. The van der Waals surface area contributed by atoms with Crippen LogP contribution >= 0.6 is 0 Å². The summed E-state index contributed by atoms with van der Waals surface area (Å²) in [6.45, 7) is 6.73. The third-order valence-corrected chi connectivity index (χ3v) is 4.04. The molecule has 0 bridgehead atoms. The van der Waals surface area contributed by atoms with Crippen molar-refractivity contribution >= 4 is 0 Å². The lowest BCUT2D eigenvalue weighted by molar-refractivity contribution is -0.0428. The number of piperazine rings is 1. The first-order chi connectivity index (χ1) is 10.9. The summed E-state index contributed by atoms with van der Waals surface area (Å²) in [6.07, 6.45) is 4.76. The fourth-order valence-corrected chi connectivity index (χ4v) is 2.65. The van der Waals surface area contributed by atoms with Gasteiger partial charge in [-0.25, -0.2) is 4.39 Å². The third kappa shape index (κ3) is 5.29. The molecule has 0 amide bonds. The zero-order valence-electron chi connectivity index (χ0n) is 13.8. The van der Waals surface area contributed by atoms with Gasteiger partial charge in [0.2, 0.25) is 0 Å². The van der Waals surface area contributed by atoms with Crippen LogP contribution < -0.4 is 5.32 Å². The van der Waals surface area contributed by atoms with Gasteiger partial charge in [-0.1, -0.05) is 18.1 Å². The molecule has 1 aromatic carbocycles. The van der Waals surface area contributed by atoms with E-state index < -0.39 is 11.7 Å². The molecule has 1 saturated heterocycles. The van der Waals surface area contributed by atoms with Gasteiger partial charge < -0.3 is 15.2 Å². The smallest absolute Gasteiger partial charge is 0.123 e. The van der Waals surface area contributed by atoms with E-state index in [0.29, 0.717) is 6.54 Å². The Bertz CT molecular complexity index is 539. The van der Waals surface area contributed by atoms with Gasteiger partial charge in [-0.3, -0.25) is 4.90 Å². The number of terminal acetylenes is 1. The van der Waals surface area contributed by atoms with Crippen molar-refractivity contribution in [3.05, 3.63) is 35.6 Å². The molecule has 0 saturated carbocycles. The Balaban J connectivity index is 1.96. The van der Waals surface area contributed by atoms with Gasteiger partial charge in [-0.15, -0.1) is 6.42 Å². The Hall–Kier alpha value is -1.45. The quantitative estimate of drug-likeness (QED) is 0.781. The minimum absolute atomic E-state index is 0.111. The molecule has 1 aliphatic rings. The Morgan fingerprint density at radius 2 is 2.17 bits per heavy atom. The molecule has 2 N–H and O–H groups in total. The van der Waals surface area contributed by atoms with Gasteiger partial charge in [0.15, 0.2) is 0 Å². The fourth-order valence-electron chi connectivity index (χ4n) is 2.65. The first kappa shape index (κ1) is 17.9. The topological polar surface area (TPSA) is 44.7 Å². The maximum atomic E-state index is 13.1. The van der Waals surface area contributed by atoms with Crippen molar-refractivity contribution in [3.63, 3.8) is 0 Å². The van der Waals surface area contributed by atoms with Gasteiger partial charge in [0.25, 0.3) is 0 Å². The standard InChI is InChI=1S/C18H25FN2O2/c1-4-18(2,3)23-13-16(22)12-21-10-9-20-11-17(21)14-5-7-15(19)8-6-14/h1,5-8,16-17,20,22H,9-13H2,2-3H3. The van der Waals surface area contributed by atoms with Crippen LogP contribution in [0.1, 0.15) is 25.5 Å². The molecule has 2 unspecified atom stereocenters. The van der Waals surface area contributed by atoms with Crippen molar-refractivity contribution in [1.29, 1.82) is 0 Å². The average molecular weight is 320 g/mol. The molecular formula is C18H25FN2O2. The van der Waals surface area contributed by atoms with Gasteiger partial charge in [-0.05, 0) is 31.5 Å². The molecule has 23 heavy (non-hydrogen) atoms. The molecule has 1 fully saturated rings. The summed E-state index contributed by atoms with van der Waals surface area (Å²) in [4.78, 5) is 2.20. The number of hydrogen-bond donors (Lipinski definition) is 2. The van der Waals surface area contributed by atoms with Gasteiger partial charge in [0.05, 0.1) is 12.7 Å². The second-order valence-electron chi connectivity index (χ2n) is 6.39. The summed E-state index contributed by atoms with van der Waals surface area (Å²) in [5.74, 6) is 2.31. The van der Waals surface area contributed by atoms with Crippen molar-refractivity contribution < 1.29 is 14.2 Å². The predicted octanol–water partition coefficient (Wildman–Crippen LogP) is 1.56. The lowest BCUT2D eigenvalue weighted by Crippen LogP contribution is -2.49. The lowest BCUT2D eigenvalue weighted by atomic mass is 10.0. The predicted molar refractivity (Wildman–Crippen MR) is 88.5 cm³/mol. The number of hydrogen-bond acceptors (Lipinski definition) is 4. The van der Waals surface area contributed by atoms with E-state index in [1.54, 1.807) is 26.0 Å². The van der Waals surface area contributed by atoms with E-state index >= 15 is 0 Å². The number of rotatable bonds is 6. The Morgan fingerprint density at radius 3 is 2.83 bits per heavy atom. The minimum Gasteiger partial charge on any atom is -0.389 e. The second-order valence-corrected chi connectivity index (χ2v) is 6.39. The Morgan fingerprint density at radius 1 is 1.48 bits per heavy atom. The van der Waals surface area contributed by atoms with Crippen molar-refractivity contribution in [3.8, 4) is 12.3 Å². The number of nitrogens with one attached hydrogen (secondary N) is 1. The fraction of sp³-hybridized carbons (Fsp3) is 0.556. The van der Waals surface area contributed by atoms with Crippen LogP contribution in [-0.4, -0.2) is 54.5 Å². The van der Waals surface area contributed by atoms with E-state index in [1.165, 1.54) is 12.1 Å². The maximum Gasteiger partial charge on any atom is 0.123 e. The molecule has 4 nitrogen and oxygen atoms in total. The van der Waals surface area contributed by atoms with Crippen LogP contribution in [0.25, 0.3) is 0 Å². The molecule has 2 rings (SSSR count). The van der Waals surface area contributed by atoms with Gasteiger partial charge >= 0.3 is 0 Å². The van der Waals surface area contributed by atoms with Gasteiger partial charge in [0, 0.05) is 32.2 Å². The van der Waals surface area contributed by atoms with E-state index in [2.05, 4.69) is 16.1 Å². The minimum atomic E-state index is -0.680. The molecular weight excluding hydrogens is 295 g/mol. The van der Waals surface area contributed by atoms with Crippen LogP contribution in [0.5, 0.6) is 0 Å². The van der Waals surface area contributed by atoms with E-state index in [-0.39, 0.29) is 18.5 Å². The zero-order valence-corrected chi connectivity index (χ0v) is 13.8. The molecule has 0 aliphatic carbocycles. The summed E-state index contributed by atoms with van der Waals surface area (Å²) in [6, 6.07) is 6.64. The average Bonchev–Trinajstić information content (AvgIpc) is 2.55. The Kier molecular flexibility index (Phi) is 6.14. The normalized spacial score (nSPS) is 20.9. The lowest BCUT2D eigenvalue weighted by Gasteiger charge is -2.37. The summed E-state index contributed by atoms with van der Waals surface area (Å²) in [5, 5.41) is 13.6. The van der Waals surface area contributed by atoms with E-state index in [0.717, 1.165) is 25.2 Å². The van der Waals surface area contributed by atoms with E-state index in [9.17, 15) is 9.50 Å². The van der Waals surface area contributed by atoms with Crippen molar-refractivity contribution in [2.75, 3.05) is 32.8 Å². The number of aliphatic hydroxyl groups is 1. The summed E-state index contributed by atoms with van der Waals surface area (Å²) >= 11 is 0. The largest absolute Gasteiger partial charge is 0.389 e. The highest BCUT2D eigenvalue weighted by molar-refractivity contribution is 5.21. The number of nitrogens with zero attached hydrogens (tertiary/aromatic N) is 1. The SMILES string of the molecule is C#CC(C)(C)OCC(O)CN1CCNCC1c1ccc(F)cc1. The highest BCUT2D eigenvalue weighted by Crippen LogP contribution is 2.23. The van der Waals surface area contributed by atoms with Crippen LogP contribution in [0.4, 0.5) is 4.39 Å². The molecule has 0 aromatic heterocycles. The molecule has 126 valence electrons. The van der Waals surface area contributed by atoms with Crippen LogP contribution in [0, 0.1) is 18.2 Å². The number of β-amino-alcohol motifs (C(OH)–C–C–N with tert-alkyl or cyclic N) is 1. The van der Waals surface area contributed by atoms with Crippen LogP contribution in [0.15, 0.2) is 24.3 Å². The summed E-state index contributed by atoms with van der Waals surface area (Å²) in [7, 11) is 0. The van der Waals surface area contributed by atoms with Crippen LogP contribution in [0.3, 0.4) is 0 Å². The van der Waals surface area contributed by atoms with E-state index in [1.807, 2.05) is 0 Å². The molecule has 1 aliphatic heterocycles. The van der Waals surface area contributed by atoms with Crippen molar-refractivity contribution in [2.24, 2.45) is 0 Å². The molecule has 5 heteroatoms. The number of halogens is 1. The number of ether oxygens (including phenoxy) is 1.